The molecule has 0 amide bonds. The van der Waals surface area contributed by atoms with Gasteiger partial charge < -0.3 is 12.8 Å². The van der Waals surface area contributed by atoms with Gasteiger partial charge in [-0.1, -0.05) is 58.3 Å². The van der Waals surface area contributed by atoms with Gasteiger partial charge in [0.05, 0.1) is 5.75 Å². The SMILES string of the molecule is CCCCCCCCCCCC(=O)OS(=O)(=O)CCN.[Ca+2].[H-].[H-]. The van der Waals surface area contributed by atoms with E-state index >= 15 is 0 Å². The van der Waals surface area contributed by atoms with Gasteiger partial charge >= 0.3 is 53.8 Å². The molecule has 0 saturated heterocycles. The van der Waals surface area contributed by atoms with Crippen LogP contribution in [0.2, 0.25) is 0 Å². The summed E-state index contributed by atoms with van der Waals surface area (Å²) in [5, 5.41) is 0. The topological polar surface area (TPSA) is 86.5 Å². The van der Waals surface area contributed by atoms with Gasteiger partial charge in [0.25, 0.3) is 0 Å². The van der Waals surface area contributed by atoms with Crippen LogP contribution < -0.4 is 5.73 Å². The molecule has 0 aromatic heterocycles. The first-order valence-electron chi connectivity index (χ1n) is 7.67. The van der Waals surface area contributed by atoms with E-state index in [-0.39, 0.29) is 59.3 Å². The zero-order valence-corrected chi connectivity index (χ0v) is 16.3. The van der Waals surface area contributed by atoms with E-state index < -0.39 is 16.1 Å². The summed E-state index contributed by atoms with van der Waals surface area (Å²) in [7, 11) is -3.77. The van der Waals surface area contributed by atoms with Crippen molar-refractivity contribution in [2.75, 3.05) is 12.3 Å². The van der Waals surface area contributed by atoms with Crippen molar-refractivity contribution in [1.82, 2.24) is 0 Å². The molecule has 0 unspecified atom stereocenters. The molecule has 0 radical (unpaired) electrons. The zero-order chi connectivity index (χ0) is 15.3. The van der Waals surface area contributed by atoms with Crippen LogP contribution in [-0.4, -0.2) is 64.4 Å². The van der Waals surface area contributed by atoms with Crippen LogP contribution in [0.3, 0.4) is 0 Å². The van der Waals surface area contributed by atoms with E-state index in [1.807, 2.05) is 0 Å². The molecule has 0 aliphatic heterocycles. The molecule has 0 aromatic rings. The Morgan fingerprint density at radius 1 is 1.00 bits per heavy atom. The molecule has 5 nitrogen and oxygen atoms in total. The fraction of sp³-hybridized carbons (Fsp3) is 0.929. The Labute approximate surface area is 162 Å². The molecule has 21 heavy (non-hydrogen) atoms. The Morgan fingerprint density at radius 3 is 1.95 bits per heavy atom. The van der Waals surface area contributed by atoms with E-state index in [1.165, 1.54) is 38.5 Å². The van der Waals surface area contributed by atoms with Crippen LogP contribution in [-0.2, 0) is 19.1 Å². The Hall–Kier alpha value is 0.640. The molecule has 2 N–H and O–H groups in total. The maximum Gasteiger partial charge on any atom is 2.00 e. The summed E-state index contributed by atoms with van der Waals surface area (Å²) < 4.78 is 26.8. The molecule has 124 valence electrons. The Morgan fingerprint density at radius 2 is 1.48 bits per heavy atom. The second-order valence-electron chi connectivity index (χ2n) is 5.08. The minimum absolute atomic E-state index is 0. The standard InChI is InChI=1S/C14H29NO4S.Ca.2H/c1-2-3-4-5-6-7-8-9-10-11-14(16)19-20(17,18)13-12-15;;;/h2-13,15H2,1H3;;;/q;+2;2*-1. The summed E-state index contributed by atoms with van der Waals surface area (Å²) in [5.41, 5.74) is 5.12. The molecule has 0 heterocycles. The van der Waals surface area contributed by atoms with E-state index in [0.717, 1.165) is 12.8 Å². The molecular weight excluding hydrogens is 318 g/mol. The third kappa shape index (κ3) is 16.8. The molecule has 0 atom stereocenters. The van der Waals surface area contributed by atoms with Gasteiger partial charge in [0.2, 0.25) is 0 Å². The molecule has 0 aromatic carbocycles. The summed E-state index contributed by atoms with van der Waals surface area (Å²) in [6.45, 7) is 2.17. The van der Waals surface area contributed by atoms with Crippen molar-refractivity contribution in [3.05, 3.63) is 0 Å². The third-order valence-corrected chi connectivity index (χ3v) is 4.25. The second-order valence-corrected chi connectivity index (χ2v) is 6.77. The first kappa shape index (κ1) is 23.9. The summed E-state index contributed by atoms with van der Waals surface area (Å²) >= 11 is 0. The molecule has 0 aliphatic rings. The van der Waals surface area contributed by atoms with Gasteiger partial charge in [0.1, 0.15) is 0 Å². The smallest absolute Gasteiger partial charge is 1.00 e. The number of hydrogen-bond acceptors (Lipinski definition) is 5. The third-order valence-electron chi connectivity index (χ3n) is 3.07. The van der Waals surface area contributed by atoms with Crippen molar-refractivity contribution < 1.29 is 20.2 Å². The maximum atomic E-state index is 11.3. The molecule has 7 heteroatoms. The number of hydrogen-bond donors (Lipinski definition) is 1. The van der Waals surface area contributed by atoms with Crippen molar-refractivity contribution >= 4 is 53.8 Å². The van der Waals surface area contributed by atoms with Crippen molar-refractivity contribution in [3.8, 4) is 0 Å². The van der Waals surface area contributed by atoms with Crippen LogP contribution in [0.25, 0.3) is 0 Å². The van der Waals surface area contributed by atoms with Gasteiger partial charge in [-0.2, -0.15) is 8.42 Å². The zero-order valence-electron chi connectivity index (χ0n) is 15.3. The number of unbranched alkanes of at least 4 members (excludes halogenated alkanes) is 8. The van der Waals surface area contributed by atoms with Gasteiger partial charge in [-0.25, -0.2) is 0 Å². The van der Waals surface area contributed by atoms with Crippen molar-refractivity contribution in [3.63, 3.8) is 0 Å². The summed E-state index contributed by atoms with van der Waals surface area (Å²) in [5.74, 6) is -0.974. The van der Waals surface area contributed by atoms with Gasteiger partial charge in [-0.05, 0) is 6.42 Å². The quantitative estimate of drug-likeness (QED) is 0.314. The first-order valence-corrected chi connectivity index (χ1v) is 9.24. The van der Waals surface area contributed by atoms with Gasteiger partial charge in [0.15, 0.2) is 0 Å². The van der Waals surface area contributed by atoms with Crippen molar-refractivity contribution in [2.24, 2.45) is 5.73 Å². The van der Waals surface area contributed by atoms with Crippen LogP contribution in [0, 0.1) is 0 Å². The van der Waals surface area contributed by atoms with Gasteiger partial charge in [-0.3, -0.25) is 4.79 Å². The summed E-state index contributed by atoms with van der Waals surface area (Å²) in [6.07, 6.45) is 10.5. The van der Waals surface area contributed by atoms with E-state index in [4.69, 9.17) is 5.73 Å². The van der Waals surface area contributed by atoms with Gasteiger partial charge in [0, 0.05) is 13.0 Å². The summed E-state index contributed by atoms with van der Waals surface area (Å²) in [6, 6.07) is 0. The average molecular weight is 350 g/mol. The molecule has 0 aliphatic carbocycles. The molecular formula is C14H31CaNO4S. The second kappa shape index (κ2) is 15.5. The van der Waals surface area contributed by atoms with Crippen LogP contribution in [0.5, 0.6) is 0 Å². The van der Waals surface area contributed by atoms with Crippen LogP contribution in [0.1, 0.15) is 74.0 Å². The van der Waals surface area contributed by atoms with Crippen molar-refractivity contribution in [2.45, 2.75) is 71.1 Å². The molecule has 0 spiro atoms. The van der Waals surface area contributed by atoms with E-state index in [1.54, 1.807) is 0 Å². The number of carbonyl (C=O) groups is 1. The van der Waals surface area contributed by atoms with Crippen molar-refractivity contribution in [1.29, 1.82) is 0 Å². The maximum absolute atomic E-state index is 11.3. The van der Waals surface area contributed by atoms with Crippen LogP contribution in [0.4, 0.5) is 0 Å². The average Bonchev–Trinajstić information content (AvgIpc) is 2.36. The normalized spacial score (nSPS) is 11.0. The first-order chi connectivity index (χ1) is 9.52. The van der Waals surface area contributed by atoms with E-state index in [0.29, 0.717) is 6.42 Å². The fourth-order valence-electron chi connectivity index (χ4n) is 1.95. The minimum Gasteiger partial charge on any atom is -1.00 e. The molecule has 0 rings (SSSR count). The number of rotatable bonds is 13. The predicted molar refractivity (Wildman–Crippen MR) is 88.8 cm³/mol. The summed E-state index contributed by atoms with van der Waals surface area (Å²) in [4.78, 5) is 11.3. The fourth-order valence-corrected chi connectivity index (χ4v) is 2.69. The van der Waals surface area contributed by atoms with E-state index in [2.05, 4.69) is 11.1 Å². The minimum atomic E-state index is -3.77. The Kier molecular flexibility index (Phi) is 17.7. The van der Waals surface area contributed by atoms with Gasteiger partial charge in [-0.15, -0.1) is 0 Å². The number of carbonyl (C=O) groups excluding carboxylic acids is 1. The van der Waals surface area contributed by atoms with Crippen LogP contribution in [0.15, 0.2) is 0 Å². The molecule has 0 bridgehead atoms. The van der Waals surface area contributed by atoms with Crippen LogP contribution >= 0.6 is 0 Å². The Bertz CT molecular complexity index is 357. The largest absolute Gasteiger partial charge is 2.00 e. The predicted octanol–water partition coefficient (Wildman–Crippen LogP) is 2.58. The van der Waals surface area contributed by atoms with E-state index in [9.17, 15) is 13.2 Å². The molecule has 0 saturated carbocycles. The Balaban J connectivity index is -0.000000602. The number of nitrogens with two attached hydrogens (primary N) is 1. The monoisotopic (exact) mass is 349 g/mol. The molecule has 0 fully saturated rings.